The number of rotatable bonds is 7. The molecule has 3 heteroatoms. The Balaban J connectivity index is 0.966. The maximum atomic E-state index is 2.41. The average molecular weight is 795 g/mol. The van der Waals surface area contributed by atoms with Crippen molar-refractivity contribution in [2.45, 2.75) is 0 Å². The van der Waals surface area contributed by atoms with Crippen molar-refractivity contribution in [3.05, 3.63) is 231 Å². The minimum Gasteiger partial charge on any atom is -0.310 e. The minimum atomic E-state index is 1.09. The second kappa shape index (κ2) is 14.5. The van der Waals surface area contributed by atoms with Gasteiger partial charge in [0.1, 0.15) is 0 Å². The molecule has 0 aliphatic carbocycles. The van der Waals surface area contributed by atoms with Crippen molar-refractivity contribution in [1.82, 2.24) is 4.57 Å². The third-order valence-electron chi connectivity index (χ3n) is 12.2. The summed E-state index contributed by atoms with van der Waals surface area (Å²) in [6.45, 7) is 0. The van der Waals surface area contributed by atoms with Gasteiger partial charge in [-0.2, -0.15) is 0 Å². The summed E-state index contributed by atoms with van der Waals surface area (Å²) in [6, 6.07) is 84.2. The normalized spacial score (nSPS) is 11.6. The van der Waals surface area contributed by atoms with Crippen LogP contribution in [0, 0.1) is 0 Å². The Kier molecular flexibility index (Phi) is 8.39. The Hall–Kier alpha value is -7.72. The fraction of sp³-hybridized carbons (Fsp3) is 0. The second-order valence-corrected chi connectivity index (χ2v) is 16.8. The molecule has 0 unspecified atom stereocenters. The molecule has 0 spiro atoms. The van der Waals surface area contributed by atoms with Gasteiger partial charge in [0.05, 0.1) is 16.7 Å². The van der Waals surface area contributed by atoms with Gasteiger partial charge < -0.3 is 9.47 Å². The van der Waals surface area contributed by atoms with Gasteiger partial charge in [-0.15, -0.1) is 11.3 Å². The van der Waals surface area contributed by atoms with Crippen LogP contribution in [0.2, 0.25) is 0 Å². The van der Waals surface area contributed by atoms with Crippen LogP contribution in [0.25, 0.3) is 91.8 Å². The number of aromatic nitrogens is 1. The number of thiophene rings is 1. The van der Waals surface area contributed by atoms with Crippen LogP contribution in [-0.2, 0) is 0 Å². The maximum Gasteiger partial charge on any atom is 0.0541 e. The first-order chi connectivity index (χ1) is 30.2. The van der Waals surface area contributed by atoms with Gasteiger partial charge in [-0.05, 0) is 111 Å². The summed E-state index contributed by atoms with van der Waals surface area (Å²) in [6.07, 6.45) is 0. The van der Waals surface area contributed by atoms with Crippen molar-refractivity contribution in [3.63, 3.8) is 0 Å². The van der Waals surface area contributed by atoms with E-state index in [1.165, 1.54) is 86.1 Å². The topological polar surface area (TPSA) is 8.17 Å². The molecule has 2 aromatic heterocycles. The van der Waals surface area contributed by atoms with Crippen molar-refractivity contribution in [3.8, 4) is 39.1 Å². The Morgan fingerprint density at radius 3 is 1.59 bits per heavy atom. The molecule has 0 aliphatic heterocycles. The number of hydrogen-bond acceptors (Lipinski definition) is 2. The van der Waals surface area contributed by atoms with Gasteiger partial charge in [0.25, 0.3) is 0 Å². The molecule has 2 nitrogen and oxygen atoms in total. The van der Waals surface area contributed by atoms with Gasteiger partial charge in [-0.3, -0.25) is 0 Å². The maximum absolute atomic E-state index is 2.41. The van der Waals surface area contributed by atoms with E-state index in [4.69, 9.17) is 0 Å². The summed E-state index contributed by atoms with van der Waals surface area (Å²) in [5.74, 6) is 0. The van der Waals surface area contributed by atoms with Gasteiger partial charge in [0, 0.05) is 53.6 Å². The van der Waals surface area contributed by atoms with Crippen molar-refractivity contribution < 1.29 is 0 Å². The Morgan fingerprint density at radius 2 is 0.852 bits per heavy atom. The minimum absolute atomic E-state index is 1.09. The number of nitrogens with zero attached hydrogens (tertiary/aromatic N) is 2. The van der Waals surface area contributed by atoms with Crippen LogP contribution in [-0.4, -0.2) is 4.57 Å². The monoisotopic (exact) mass is 794 g/mol. The SMILES string of the molecule is c1cc(-c2ccc(N(c3ccc(-c4ccc5sc6ccccc6c5c4)cc3)c3ccccc3-c3cccc4ccccc34)cc2)cc(-n2c3ccccc3c3ccccc32)c1. The quantitative estimate of drug-likeness (QED) is 0.156. The number of benzene rings is 10. The molecule has 12 rings (SSSR count). The lowest BCUT2D eigenvalue weighted by molar-refractivity contribution is 1.18. The largest absolute Gasteiger partial charge is 0.310 e. The van der Waals surface area contributed by atoms with Crippen LogP contribution < -0.4 is 4.90 Å². The molecule has 2 heterocycles. The fourth-order valence-corrected chi connectivity index (χ4v) is 10.4. The third kappa shape index (κ3) is 6.01. The molecule has 0 radical (unpaired) electrons. The van der Waals surface area contributed by atoms with E-state index < -0.39 is 0 Å². The van der Waals surface area contributed by atoms with E-state index in [0.717, 1.165) is 22.7 Å². The highest BCUT2D eigenvalue weighted by Gasteiger charge is 2.19. The zero-order valence-corrected chi connectivity index (χ0v) is 34.1. The van der Waals surface area contributed by atoms with E-state index in [9.17, 15) is 0 Å². The molecule has 10 aromatic carbocycles. The summed E-state index contributed by atoms with van der Waals surface area (Å²) in [5, 5.41) is 7.63. The smallest absolute Gasteiger partial charge is 0.0541 e. The average Bonchev–Trinajstić information content (AvgIpc) is 3.88. The van der Waals surface area contributed by atoms with E-state index in [-0.39, 0.29) is 0 Å². The van der Waals surface area contributed by atoms with Crippen molar-refractivity contribution in [2.75, 3.05) is 4.90 Å². The predicted octanol–water partition coefficient (Wildman–Crippen LogP) is 16.8. The molecule has 0 aliphatic rings. The van der Waals surface area contributed by atoms with Crippen LogP contribution in [0.3, 0.4) is 0 Å². The summed E-state index contributed by atoms with van der Waals surface area (Å²) >= 11 is 1.86. The Bertz CT molecular complexity index is 3530. The summed E-state index contributed by atoms with van der Waals surface area (Å²) < 4.78 is 5.03. The number of anilines is 3. The zero-order chi connectivity index (χ0) is 40.3. The molecule has 286 valence electrons. The van der Waals surface area contributed by atoms with E-state index in [0.29, 0.717) is 0 Å². The molecule has 0 saturated carbocycles. The van der Waals surface area contributed by atoms with Crippen LogP contribution >= 0.6 is 11.3 Å². The Labute approximate surface area is 358 Å². The summed E-state index contributed by atoms with van der Waals surface area (Å²) in [4.78, 5) is 2.41. The van der Waals surface area contributed by atoms with Gasteiger partial charge >= 0.3 is 0 Å². The fourth-order valence-electron chi connectivity index (χ4n) is 9.32. The molecule has 0 N–H and O–H groups in total. The van der Waals surface area contributed by atoms with Crippen LogP contribution in [0.5, 0.6) is 0 Å². The van der Waals surface area contributed by atoms with E-state index in [2.05, 4.69) is 240 Å². The number of fused-ring (bicyclic) bond motifs is 7. The highest BCUT2D eigenvalue weighted by Crippen LogP contribution is 2.44. The van der Waals surface area contributed by atoms with Gasteiger partial charge in [0.2, 0.25) is 0 Å². The molecule has 0 saturated heterocycles. The summed E-state index contributed by atoms with van der Waals surface area (Å²) in [5.41, 5.74) is 14.0. The number of para-hydroxylation sites is 3. The highest BCUT2D eigenvalue weighted by molar-refractivity contribution is 7.25. The van der Waals surface area contributed by atoms with Gasteiger partial charge in [-0.25, -0.2) is 0 Å². The van der Waals surface area contributed by atoms with Crippen LogP contribution in [0.1, 0.15) is 0 Å². The molecule has 12 aromatic rings. The molecular formula is C58H38N2S. The first-order valence-electron chi connectivity index (χ1n) is 20.8. The molecule has 61 heavy (non-hydrogen) atoms. The lowest BCUT2D eigenvalue weighted by Crippen LogP contribution is -2.11. The highest BCUT2D eigenvalue weighted by atomic mass is 32.1. The number of hydrogen-bond donors (Lipinski definition) is 0. The van der Waals surface area contributed by atoms with Crippen molar-refractivity contribution in [2.24, 2.45) is 0 Å². The van der Waals surface area contributed by atoms with Crippen molar-refractivity contribution >= 4 is 81.1 Å². The van der Waals surface area contributed by atoms with E-state index >= 15 is 0 Å². The Morgan fingerprint density at radius 1 is 0.328 bits per heavy atom. The molecule has 0 atom stereocenters. The lowest BCUT2D eigenvalue weighted by Gasteiger charge is -2.28. The zero-order valence-electron chi connectivity index (χ0n) is 33.2. The lowest BCUT2D eigenvalue weighted by atomic mass is 9.96. The van der Waals surface area contributed by atoms with Crippen LogP contribution in [0.4, 0.5) is 17.1 Å². The van der Waals surface area contributed by atoms with Gasteiger partial charge in [0.15, 0.2) is 0 Å². The first-order valence-corrected chi connectivity index (χ1v) is 21.6. The third-order valence-corrected chi connectivity index (χ3v) is 13.4. The van der Waals surface area contributed by atoms with Crippen LogP contribution in [0.15, 0.2) is 231 Å². The second-order valence-electron chi connectivity index (χ2n) is 15.7. The van der Waals surface area contributed by atoms with E-state index in [1.807, 2.05) is 11.3 Å². The molecule has 0 fully saturated rings. The standard InChI is InChI=1S/C58H38N2S/c1-2-17-47-41(13-1)14-12-22-48(47)49-18-3-7-23-54(49)59(45-34-29-40(30-35-45)43-31-36-58-53(38-43)52-21-6-10-26-57(52)61-58)44-32-27-39(28-33-44)42-15-11-16-46(37-42)60-55-24-8-4-19-50(55)51-20-5-9-25-56(51)60/h1-38H. The van der Waals surface area contributed by atoms with Crippen molar-refractivity contribution in [1.29, 1.82) is 0 Å². The molecule has 0 bridgehead atoms. The van der Waals surface area contributed by atoms with Gasteiger partial charge in [-0.1, -0.05) is 158 Å². The van der Waals surface area contributed by atoms with E-state index in [1.54, 1.807) is 0 Å². The molecule has 0 amide bonds. The summed E-state index contributed by atoms with van der Waals surface area (Å²) in [7, 11) is 0. The first kappa shape index (κ1) is 35.2. The predicted molar refractivity (Wildman–Crippen MR) is 262 cm³/mol. The molecular weight excluding hydrogens is 757 g/mol.